The Morgan fingerprint density at radius 3 is 2.85 bits per heavy atom. The van der Waals surface area contributed by atoms with Crippen LogP contribution in [0.25, 0.3) is 0 Å². The Bertz CT molecular complexity index is 856. The largest absolute Gasteiger partial charge is 0.379 e. The lowest BCUT2D eigenvalue weighted by molar-refractivity contribution is 0.205. The number of alkyl halides is 1. The van der Waals surface area contributed by atoms with Gasteiger partial charge in [0.2, 0.25) is 5.95 Å². The van der Waals surface area contributed by atoms with E-state index in [1.54, 1.807) is 23.1 Å². The van der Waals surface area contributed by atoms with Crippen molar-refractivity contribution in [1.82, 2.24) is 9.97 Å². The van der Waals surface area contributed by atoms with Crippen molar-refractivity contribution < 1.29 is 8.78 Å². The van der Waals surface area contributed by atoms with Crippen LogP contribution in [0.5, 0.6) is 0 Å². The molecule has 0 unspecified atom stereocenters. The van der Waals surface area contributed by atoms with Crippen molar-refractivity contribution in [3.05, 3.63) is 40.1 Å². The van der Waals surface area contributed by atoms with E-state index in [0.717, 1.165) is 16.8 Å². The van der Waals surface area contributed by atoms with Crippen molar-refractivity contribution in [2.45, 2.75) is 25.1 Å². The molecule has 0 aromatic carbocycles. The smallest absolute Gasteiger partial charge is 0.225 e. The lowest BCUT2D eigenvalue weighted by Gasteiger charge is -2.33. The first-order valence-corrected chi connectivity index (χ1v) is 10.1. The third-order valence-electron chi connectivity index (χ3n) is 4.82. The molecule has 0 amide bonds. The Hall–Kier alpha value is -1.45. The monoisotopic (exact) mass is 431 g/mol. The molecule has 146 valence electrons. The van der Waals surface area contributed by atoms with Crippen LogP contribution in [-0.4, -0.2) is 34.0 Å². The van der Waals surface area contributed by atoms with E-state index in [4.69, 9.17) is 10.7 Å². The van der Waals surface area contributed by atoms with E-state index in [-0.39, 0.29) is 24.0 Å². The summed E-state index contributed by atoms with van der Waals surface area (Å²) in [4.78, 5) is 16.2. The molecule has 4 rings (SSSR count). The van der Waals surface area contributed by atoms with Crippen LogP contribution in [0.3, 0.4) is 0 Å². The average Bonchev–Trinajstić information content (AvgIpc) is 3.22. The number of thioether (sulfide) groups is 1. The Balaban J connectivity index is 0.00000210. The zero-order valence-electron chi connectivity index (χ0n) is 14.9. The van der Waals surface area contributed by atoms with E-state index in [9.17, 15) is 8.78 Å². The van der Waals surface area contributed by atoms with Gasteiger partial charge in [0.25, 0.3) is 0 Å². The summed E-state index contributed by atoms with van der Waals surface area (Å²) >= 11 is 3.19. The van der Waals surface area contributed by atoms with Crippen molar-refractivity contribution in [2.24, 2.45) is 16.6 Å². The van der Waals surface area contributed by atoms with Gasteiger partial charge in [-0.3, -0.25) is 0 Å². The van der Waals surface area contributed by atoms with Crippen LogP contribution < -0.4 is 10.6 Å². The first-order chi connectivity index (χ1) is 12.3. The number of nitrogens with zero attached hydrogens (tertiary/aromatic N) is 4. The number of aliphatic imine (C=N–C) groups is 1. The van der Waals surface area contributed by atoms with Gasteiger partial charge in [-0.2, -0.15) is 0 Å². The van der Waals surface area contributed by atoms with Crippen LogP contribution in [0.15, 0.2) is 28.7 Å². The van der Waals surface area contributed by atoms with Crippen molar-refractivity contribution in [3.8, 4) is 0 Å². The second-order valence-corrected chi connectivity index (χ2v) is 9.07. The Labute approximate surface area is 170 Å². The second-order valence-electron chi connectivity index (χ2n) is 7.08. The Kier molecular flexibility index (Phi) is 5.39. The number of nitrogens with two attached hydrogens (primary N) is 1. The molecule has 0 saturated carbocycles. The summed E-state index contributed by atoms with van der Waals surface area (Å²) in [6.45, 7) is 3.79. The highest BCUT2D eigenvalue weighted by Gasteiger charge is 2.51. The van der Waals surface area contributed by atoms with Crippen molar-refractivity contribution in [2.75, 3.05) is 23.7 Å². The second kappa shape index (κ2) is 7.18. The molecule has 2 aliphatic heterocycles. The lowest BCUT2D eigenvalue weighted by Crippen LogP contribution is -2.39. The first kappa shape index (κ1) is 20.3. The Morgan fingerprint density at radius 2 is 2.19 bits per heavy atom. The lowest BCUT2D eigenvalue weighted by atomic mass is 9.87. The highest BCUT2D eigenvalue weighted by molar-refractivity contribution is 8.13. The van der Waals surface area contributed by atoms with Gasteiger partial charge in [0, 0.05) is 23.1 Å². The molecular weight excluding hydrogens is 412 g/mol. The van der Waals surface area contributed by atoms with E-state index >= 15 is 0 Å². The van der Waals surface area contributed by atoms with Gasteiger partial charge in [-0.1, -0.05) is 17.8 Å². The number of amidine groups is 1. The molecule has 2 aromatic heterocycles. The molecule has 0 spiro atoms. The maximum atomic E-state index is 14.3. The van der Waals surface area contributed by atoms with Crippen molar-refractivity contribution in [1.29, 1.82) is 0 Å². The van der Waals surface area contributed by atoms with Gasteiger partial charge < -0.3 is 10.6 Å². The number of fused-ring (bicyclic) bond motifs is 1. The number of halogens is 3. The summed E-state index contributed by atoms with van der Waals surface area (Å²) in [6.07, 6.45) is 1.05. The van der Waals surface area contributed by atoms with E-state index in [1.807, 2.05) is 16.3 Å². The van der Waals surface area contributed by atoms with Crippen molar-refractivity contribution in [3.63, 3.8) is 0 Å². The van der Waals surface area contributed by atoms with Crippen LogP contribution >= 0.6 is 35.5 Å². The van der Waals surface area contributed by atoms with E-state index < -0.39 is 17.0 Å². The van der Waals surface area contributed by atoms with Crippen molar-refractivity contribution >= 4 is 46.6 Å². The predicted molar refractivity (Wildman–Crippen MR) is 109 cm³/mol. The molecule has 0 aliphatic carbocycles. The highest BCUT2D eigenvalue weighted by atomic mass is 35.5. The minimum absolute atomic E-state index is 0. The van der Waals surface area contributed by atoms with E-state index in [0.29, 0.717) is 24.2 Å². The zero-order chi connectivity index (χ0) is 18.5. The fourth-order valence-electron chi connectivity index (χ4n) is 3.57. The van der Waals surface area contributed by atoms with Crippen LogP contribution in [0.2, 0.25) is 0 Å². The fourth-order valence-corrected chi connectivity index (χ4v) is 5.49. The number of aromatic nitrogens is 2. The fraction of sp³-hybridized carbons (Fsp3) is 0.471. The maximum absolute atomic E-state index is 14.3. The highest BCUT2D eigenvalue weighted by Crippen LogP contribution is 2.47. The van der Waals surface area contributed by atoms with Gasteiger partial charge in [0.15, 0.2) is 11.0 Å². The average molecular weight is 432 g/mol. The van der Waals surface area contributed by atoms with Gasteiger partial charge in [-0.25, -0.2) is 23.7 Å². The zero-order valence-corrected chi connectivity index (χ0v) is 17.3. The van der Waals surface area contributed by atoms with Gasteiger partial charge in [0.05, 0.1) is 12.7 Å². The molecule has 2 aliphatic rings. The topological polar surface area (TPSA) is 67.4 Å². The summed E-state index contributed by atoms with van der Waals surface area (Å²) in [5.41, 5.74) is 3.48. The summed E-state index contributed by atoms with van der Waals surface area (Å²) in [6, 6.07) is 4.07. The molecule has 5 nitrogen and oxygen atoms in total. The third-order valence-corrected chi connectivity index (χ3v) is 6.81. The predicted octanol–water partition coefficient (Wildman–Crippen LogP) is 3.70. The molecule has 1 fully saturated rings. The number of hydrogen-bond donors (Lipinski definition) is 1. The van der Waals surface area contributed by atoms with Gasteiger partial charge >= 0.3 is 0 Å². The summed E-state index contributed by atoms with van der Waals surface area (Å²) < 4.78 is 28.3. The molecule has 4 heterocycles. The van der Waals surface area contributed by atoms with Gasteiger partial charge in [0.1, 0.15) is 16.9 Å². The Morgan fingerprint density at radius 1 is 1.41 bits per heavy atom. The van der Waals surface area contributed by atoms with Crippen LogP contribution in [0.4, 0.5) is 14.7 Å². The van der Waals surface area contributed by atoms with Crippen LogP contribution in [0.1, 0.15) is 24.4 Å². The van der Waals surface area contributed by atoms with Gasteiger partial charge in [-0.05, 0) is 25.3 Å². The minimum atomic E-state index is -1.88. The van der Waals surface area contributed by atoms with Gasteiger partial charge in [-0.15, -0.1) is 23.7 Å². The molecule has 0 radical (unpaired) electrons. The summed E-state index contributed by atoms with van der Waals surface area (Å²) in [5.74, 6) is 0.667. The van der Waals surface area contributed by atoms with E-state index in [1.165, 1.54) is 13.8 Å². The van der Waals surface area contributed by atoms with Crippen LogP contribution in [-0.2, 0) is 11.2 Å². The molecule has 10 heteroatoms. The molecule has 2 N–H and O–H groups in total. The normalized spacial score (nSPS) is 25.0. The quantitative estimate of drug-likeness (QED) is 0.802. The summed E-state index contributed by atoms with van der Waals surface area (Å²) in [5, 5.41) is 2.59. The SMILES string of the molecule is CC(C)(F)c1nc(N2C[C@H]3CSC(N)=N[C@@]3(c3cccs3)C2)ncc1F.Cl. The van der Waals surface area contributed by atoms with E-state index in [2.05, 4.69) is 16.0 Å². The number of anilines is 1. The van der Waals surface area contributed by atoms with Crippen LogP contribution in [0, 0.1) is 11.7 Å². The molecule has 1 saturated heterocycles. The molecule has 27 heavy (non-hydrogen) atoms. The molecular formula is C17H20ClF2N5S2. The number of hydrogen-bond acceptors (Lipinski definition) is 7. The third kappa shape index (κ3) is 3.52. The first-order valence-electron chi connectivity index (χ1n) is 8.28. The minimum Gasteiger partial charge on any atom is -0.379 e. The maximum Gasteiger partial charge on any atom is 0.225 e. The molecule has 2 atom stereocenters. The number of thiophene rings is 1. The standard InChI is InChI=1S/C17H19F2N5S2.ClH/c1-16(2,19)13-11(18)6-21-15(22-13)24-7-10-8-26-14(20)23-17(10,9-24)12-4-3-5-25-12;/h3-6,10H,7-9H2,1-2H3,(H2,20,23);1H/t10-,17-;/m0./s1. The molecule has 0 bridgehead atoms. The molecule has 2 aromatic rings. The number of rotatable bonds is 3. The summed E-state index contributed by atoms with van der Waals surface area (Å²) in [7, 11) is 0.